The highest BCUT2D eigenvalue weighted by atomic mass is 15.1. The minimum absolute atomic E-state index is 0.874. The van der Waals surface area contributed by atoms with Crippen LogP contribution in [0.15, 0.2) is 73.8 Å². The lowest BCUT2D eigenvalue weighted by Gasteiger charge is -2.22. The van der Waals surface area contributed by atoms with Crippen molar-refractivity contribution in [3.63, 3.8) is 0 Å². The Bertz CT molecular complexity index is 598. The van der Waals surface area contributed by atoms with Crippen molar-refractivity contribution in [1.29, 1.82) is 0 Å². The molecule has 1 heteroatoms. The van der Waals surface area contributed by atoms with Gasteiger partial charge in [0.25, 0.3) is 0 Å². The molecule has 0 saturated heterocycles. The second-order valence-corrected chi connectivity index (χ2v) is 5.38. The van der Waals surface area contributed by atoms with Crippen LogP contribution in [0.3, 0.4) is 0 Å². The van der Waals surface area contributed by atoms with Crippen LogP contribution in [0.25, 0.3) is 5.57 Å². The number of hydrogen-bond donors (Lipinski definition) is 0. The van der Waals surface area contributed by atoms with Crippen LogP contribution in [0.5, 0.6) is 0 Å². The van der Waals surface area contributed by atoms with E-state index in [9.17, 15) is 0 Å². The molecule has 0 bridgehead atoms. The van der Waals surface area contributed by atoms with Gasteiger partial charge in [0.1, 0.15) is 0 Å². The van der Waals surface area contributed by atoms with E-state index in [4.69, 9.17) is 0 Å². The molecule has 0 amide bonds. The third kappa shape index (κ3) is 4.44. The monoisotopic (exact) mass is 277 g/mol. The average Bonchev–Trinajstić information content (AvgIpc) is 2.49. The number of benzene rings is 2. The highest BCUT2D eigenvalue weighted by Crippen LogP contribution is 2.19. The number of hydrogen-bond acceptors (Lipinski definition) is 1. The van der Waals surface area contributed by atoms with Crippen molar-refractivity contribution in [3.05, 3.63) is 90.5 Å². The first-order chi connectivity index (χ1) is 10.2. The molecule has 0 aromatic heterocycles. The Balaban J connectivity index is 2.16. The van der Waals surface area contributed by atoms with Crippen molar-refractivity contribution in [3.8, 4) is 0 Å². The highest BCUT2D eigenvalue weighted by Gasteiger charge is 2.09. The highest BCUT2D eigenvalue weighted by molar-refractivity contribution is 5.64. The minimum atomic E-state index is 0.874. The Morgan fingerprint density at radius 2 is 1.67 bits per heavy atom. The lowest BCUT2D eigenvalue weighted by Crippen LogP contribution is -2.23. The largest absolute Gasteiger partial charge is 0.291 e. The smallest absolute Gasteiger partial charge is 0.0246 e. The predicted octanol–water partition coefficient (Wildman–Crippen LogP) is 4.91. The second-order valence-electron chi connectivity index (χ2n) is 5.38. The molecular formula is C20H23N. The molecule has 0 saturated carbocycles. The van der Waals surface area contributed by atoms with Crippen molar-refractivity contribution in [2.45, 2.75) is 20.0 Å². The maximum atomic E-state index is 4.08. The third-order valence-electron chi connectivity index (χ3n) is 3.51. The zero-order chi connectivity index (χ0) is 15.1. The molecule has 0 fully saturated rings. The van der Waals surface area contributed by atoms with Crippen LogP contribution >= 0.6 is 0 Å². The molecule has 0 aliphatic carbocycles. The Kier molecular flexibility index (Phi) is 5.53. The maximum Gasteiger partial charge on any atom is 0.0246 e. The zero-order valence-electron chi connectivity index (χ0n) is 12.8. The summed E-state index contributed by atoms with van der Waals surface area (Å²) in [4.78, 5) is 2.39. The normalized spacial score (nSPS) is 10.6. The zero-order valence-corrected chi connectivity index (χ0v) is 12.8. The molecule has 0 aliphatic heterocycles. The molecule has 0 aliphatic rings. The van der Waals surface area contributed by atoms with E-state index in [0.29, 0.717) is 0 Å². The molecule has 2 aromatic carbocycles. The molecule has 2 aromatic rings. The van der Waals surface area contributed by atoms with Gasteiger partial charge in [-0.1, -0.05) is 72.8 Å². The van der Waals surface area contributed by atoms with Gasteiger partial charge in [0.2, 0.25) is 0 Å². The topological polar surface area (TPSA) is 3.24 Å². The summed E-state index contributed by atoms with van der Waals surface area (Å²) in [6, 6.07) is 19.1. The Hall–Kier alpha value is -2.12. The van der Waals surface area contributed by atoms with Gasteiger partial charge in [0, 0.05) is 19.6 Å². The van der Waals surface area contributed by atoms with E-state index in [-0.39, 0.29) is 0 Å². The standard InChI is InChI=1S/C20H23N/c1-4-14-21(15-18-10-6-5-7-11-18)16-19-12-8-9-13-20(19)17(2)3/h4-13H,1-2,14-16H2,3H3. The van der Waals surface area contributed by atoms with E-state index < -0.39 is 0 Å². The molecule has 0 atom stereocenters. The van der Waals surface area contributed by atoms with Crippen LogP contribution in [0, 0.1) is 0 Å². The van der Waals surface area contributed by atoms with Gasteiger partial charge in [-0.05, 0) is 23.6 Å². The average molecular weight is 277 g/mol. The first kappa shape index (κ1) is 15.3. The van der Waals surface area contributed by atoms with Crippen molar-refractivity contribution in [2.24, 2.45) is 0 Å². The van der Waals surface area contributed by atoms with Crippen molar-refractivity contribution < 1.29 is 0 Å². The van der Waals surface area contributed by atoms with Crippen LogP contribution in [0.1, 0.15) is 23.6 Å². The molecule has 0 radical (unpaired) electrons. The molecule has 1 nitrogen and oxygen atoms in total. The van der Waals surface area contributed by atoms with Gasteiger partial charge in [0.15, 0.2) is 0 Å². The van der Waals surface area contributed by atoms with Crippen LogP contribution in [0.4, 0.5) is 0 Å². The molecule has 0 unspecified atom stereocenters. The third-order valence-corrected chi connectivity index (χ3v) is 3.51. The van der Waals surface area contributed by atoms with Crippen molar-refractivity contribution in [1.82, 2.24) is 4.90 Å². The van der Waals surface area contributed by atoms with Crippen molar-refractivity contribution in [2.75, 3.05) is 6.54 Å². The molecule has 2 rings (SSSR count). The molecule has 0 N–H and O–H groups in total. The Morgan fingerprint density at radius 1 is 1.00 bits per heavy atom. The van der Waals surface area contributed by atoms with Gasteiger partial charge in [-0.15, -0.1) is 6.58 Å². The van der Waals surface area contributed by atoms with Crippen LogP contribution in [-0.4, -0.2) is 11.4 Å². The van der Waals surface area contributed by atoms with E-state index in [1.165, 1.54) is 16.7 Å². The lowest BCUT2D eigenvalue weighted by molar-refractivity contribution is 0.286. The molecule has 0 spiro atoms. The van der Waals surface area contributed by atoms with Crippen molar-refractivity contribution >= 4 is 5.57 Å². The summed E-state index contributed by atoms with van der Waals surface area (Å²) in [7, 11) is 0. The first-order valence-electron chi connectivity index (χ1n) is 7.31. The van der Waals surface area contributed by atoms with Gasteiger partial charge in [-0.2, -0.15) is 0 Å². The van der Waals surface area contributed by atoms with E-state index in [1.807, 2.05) is 6.08 Å². The van der Waals surface area contributed by atoms with E-state index in [1.54, 1.807) is 0 Å². The summed E-state index contributed by atoms with van der Waals surface area (Å²) >= 11 is 0. The molecular weight excluding hydrogens is 254 g/mol. The van der Waals surface area contributed by atoms with E-state index in [2.05, 4.69) is 79.6 Å². The summed E-state index contributed by atoms with van der Waals surface area (Å²) < 4.78 is 0. The number of allylic oxidation sites excluding steroid dienone is 1. The summed E-state index contributed by atoms with van der Waals surface area (Å²) in [6.07, 6.45) is 1.96. The van der Waals surface area contributed by atoms with Gasteiger partial charge in [-0.3, -0.25) is 4.90 Å². The fourth-order valence-corrected chi connectivity index (χ4v) is 2.52. The minimum Gasteiger partial charge on any atom is -0.291 e. The molecule has 21 heavy (non-hydrogen) atoms. The summed E-state index contributed by atoms with van der Waals surface area (Å²) in [5.74, 6) is 0. The fourth-order valence-electron chi connectivity index (χ4n) is 2.52. The lowest BCUT2D eigenvalue weighted by atomic mass is 10.0. The quantitative estimate of drug-likeness (QED) is 0.650. The van der Waals surface area contributed by atoms with Crippen LogP contribution in [0.2, 0.25) is 0 Å². The number of nitrogens with zero attached hydrogens (tertiary/aromatic N) is 1. The van der Waals surface area contributed by atoms with E-state index in [0.717, 1.165) is 25.2 Å². The van der Waals surface area contributed by atoms with E-state index >= 15 is 0 Å². The summed E-state index contributed by atoms with van der Waals surface area (Å²) in [5, 5.41) is 0. The van der Waals surface area contributed by atoms with Gasteiger partial charge in [-0.25, -0.2) is 0 Å². The SMILES string of the molecule is C=CCN(Cc1ccccc1)Cc1ccccc1C(=C)C. The Labute approximate surface area is 128 Å². The van der Waals surface area contributed by atoms with Crippen LogP contribution in [-0.2, 0) is 13.1 Å². The van der Waals surface area contributed by atoms with Gasteiger partial charge < -0.3 is 0 Å². The maximum absolute atomic E-state index is 4.08. The Morgan fingerprint density at radius 3 is 2.33 bits per heavy atom. The predicted molar refractivity (Wildman–Crippen MR) is 91.9 cm³/mol. The van der Waals surface area contributed by atoms with Gasteiger partial charge >= 0.3 is 0 Å². The summed E-state index contributed by atoms with van der Waals surface area (Å²) in [6.45, 7) is 12.7. The second kappa shape index (κ2) is 7.61. The molecule has 108 valence electrons. The molecule has 0 heterocycles. The first-order valence-corrected chi connectivity index (χ1v) is 7.31. The number of rotatable bonds is 7. The fraction of sp³-hybridized carbons (Fsp3) is 0.200. The van der Waals surface area contributed by atoms with Gasteiger partial charge in [0.05, 0.1) is 0 Å². The summed E-state index contributed by atoms with van der Waals surface area (Å²) in [5.41, 5.74) is 5.01. The van der Waals surface area contributed by atoms with Crippen LogP contribution < -0.4 is 0 Å².